The van der Waals surface area contributed by atoms with Crippen molar-refractivity contribution in [3.8, 4) is 0 Å². The largest absolute Gasteiger partial charge is 0.388 e. The zero-order valence-corrected chi connectivity index (χ0v) is 11.6. The quantitative estimate of drug-likeness (QED) is 0.801. The second-order valence-corrected chi connectivity index (χ2v) is 5.67. The van der Waals surface area contributed by atoms with Crippen LogP contribution in [0.5, 0.6) is 0 Å². The first-order valence-corrected chi connectivity index (χ1v) is 7.58. The van der Waals surface area contributed by atoms with E-state index < -0.39 is 5.60 Å². The van der Waals surface area contributed by atoms with Crippen molar-refractivity contribution in [2.24, 2.45) is 0 Å². The van der Waals surface area contributed by atoms with E-state index in [2.05, 4.69) is 35.8 Å². The molecule has 0 unspecified atom stereocenters. The molecular weight excluding hydrogens is 246 g/mol. The van der Waals surface area contributed by atoms with Gasteiger partial charge < -0.3 is 15.2 Å². The number of rotatable bonds is 5. The van der Waals surface area contributed by atoms with Crippen LogP contribution in [0, 0.1) is 0 Å². The van der Waals surface area contributed by atoms with Crippen LogP contribution >= 0.6 is 11.8 Å². The van der Waals surface area contributed by atoms with Gasteiger partial charge in [-0.3, -0.25) is 0 Å². The zero-order chi connectivity index (χ0) is 12.8. The van der Waals surface area contributed by atoms with E-state index in [1.807, 2.05) is 0 Å². The van der Waals surface area contributed by atoms with E-state index in [-0.39, 0.29) is 0 Å². The van der Waals surface area contributed by atoms with Crippen molar-refractivity contribution in [1.29, 1.82) is 0 Å². The normalized spacial score (nSPS) is 18.8. The monoisotopic (exact) mass is 267 g/mol. The molecule has 1 aromatic rings. The van der Waals surface area contributed by atoms with Gasteiger partial charge in [0.15, 0.2) is 0 Å². The van der Waals surface area contributed by atoms with Crippen LogP contribution in [0.3, 0.4) is 0 Å². The molecule has 3 nitrogen and oxygen atoms in total. The molecule has 4 heteroatoms. The second-order valence-electron chi connectivity index (χ2n) is 4.79. The molecule has 0 saturated carbocycles. The maximum atomic E-state index is 10.3. The van der Waals surface area contributed by atoms with E-state index in [1.54, 1.807) is 11.8 Å². The summed E-state index contributed by atoms with van der Waals surface area (Å²) in [5, 5.41) is 13.6. The summed E-state index contributed by atoms with van der Waals surface area (Å²) in [4.78, 5) is 1.28. The predicted octanol–water partition coefficient (Wildman–Crippen LogP) is 2.04. The van der Waals surface area contributed by atoms with Gasteiger partial charge in [-0.05, 0) is 24.0 Å². The average molecular weight is 267 g/mol. The van der Waals surface area contributed by atoms with Crippen molar-refractivity contribution in [2.45, 2.75) is 29.9 Å². The molecule has 0 atom stereocenters. The molecule has 2 N–H and O–H groups in total. The van der Waals surface area contributed by atoms with Crippen LogP contribution in [-0.2, 0) is 11.3 Å². The Bertz CT molecular complexity index is 361. The Balaban J connectivity index is 1.77. The summed E-state index contributed by atoms with van der Waals surface area (Å²) >= 11 is 1.75. The van der Waals surface area contributed by atoms with Crippen molar-refractivity contribution in [2.75, 3.05) is 26.0 Å². The smallest absolute Gasteiger partial charge is 0.0815 e. The summed E-state index contributed by atoms with van der Waals surface area (Å²) in [6.07, 6.45) is 3.53. The number of hydrogen-bond acceptors (Lipinski definition) is 4. The van der Waals surface area contributed by atoms with Crippen LogP contribution in [0.25, 0.3) is 0 Å². The van der Waals surface area contributed by atoms with Crippen molar-refractivity contribution in [3.63, 3.8) is 0 Å². The molecule has 0 aromatic heterocycles. The summed E-state index contributed by atoms with van der Waals surface area (Å²) in [7, 11) is 0. The first-order valence-electron chi connectivity index (χ1n) is 6.36. The highest BCUT2D eigenvalue weighted by atomic mass is 32.2. The van der Waals surface area contributed by atoms with Gasteiger partial charge in [0.2, 0.25) is 0 Å². The number of thioether (sulfide) groups is 1. The lowest BCUT2D eigenvalue weighted by molar-refractivity contribution is -0.0617. The van der Waals surface area contributed by atoms with Gasteiger partial charge >= 0.3 is 0 Å². The summed E-state index contributed by atoms with van der Waals surface area (Å²) in [5.74, 6) is 0. The van der Waals surface area contributed by atoms with Gasteiger partial charge in [-0.1, -0.05) is 12.1 Å². The molecular formula is C14H21NO2S. The summed E-state index contributed by atoms with van der Waals surface area (Å²) < 4.78 is 5.26. The van der Waals surface area contributed by atoms with E-state index in [0.717, 1.165) is 19.4 Å². The number of nitrogens with one attached hydrogen (secondary N) is 1. The Morgan fingerprint density at radius 3 is 2.56 bits per heavy atom. The van der Waals surface area contributed by atoms with Crippen LogP contribution in [-0.4, -0.2) is 36.7 Å². The minimum atomic E-state index is -0.586. The molecule has 1 saturated heterocycles. The molecule has 1 aromatic carbocycles. The van der Waals surface area contributed by atoms with Crippen LogP contribution in [0.2, 0.25) is 0 Å². The molecule has 100 valence electrons. The van der Waals surface area contributed by atoms with Gasteiger partial charge in [0.1, 0.15) is 0 Å². The fourth-order valence-electron chi connectivity index (χ4n) is 2.11. The van der Waals surface area contributed by atoms with Crippen molar-refractivity contribution in [3.05, 3.63) is 29.8 Å². The van der Waals surface area contributed by atoms with Crippen LogP contribution in [0.4, 0.5) is 0 Å². The zero-order valence-electron chi connectivity index (χ0n) is 10.8. The number of benzene rings is 1. The minimum Gasteiger partial charge on any atom is -0.388 e. The molecule has 0 radical (unpaired) electrons. The summed E-state index contributed by atoms with van der Waals surface area (Å²) in [6, 6.07) is 8.52. The molecule has 2 rings (SSSR count). The fraction of sp³-hybridized carbons (Fsp3) is 0.571. The summed E-state index contributed by atoms with van der Waals surface area (Å²) in [6.45, 7) is 2.78. The van der Waals surface area contributed by atoms with Gasteiger partial charge in [-0.15, -0.1) is 11.8 Å². The van der Waals surface area contributed by atoms with E-state index in [9.17, 15) is 5.11 Å². The molecule has 1 heterocycles. The molecule has 0 spiro atoms. The Morgan fingerprint density at radius 2 is 1.94 bits per heavy atom. The van der Waals surface area contributed by atoms with Crippen LogP contribution < -0.4 is 5.32 Å². The van der Waals surface area contributed by atoms with E-state index in [1.165, 1.54) is 10.5 Å². The highest BCUT2D eigenvalue weighted by Crippen LogP contribution is 2.19. The Morgan fingerprint density at radius 1 is 1.28 bits per heavy atom. The third-order valence-corrected chi connectivity index (χ3v) is 4.11. The number of aliphatic hydroxyl groups is 1. The van der Waals surface area contributed by atoms with E-state index in [0.29, 0.717) is 19.8 Å². The lowest BCUT2D eigenvalue weighted by Crippen LogP contribution is -2.44. The molecule has 18 heavy (non-hydrogen) atoms. The lowest BCUT2D eigenvalue weighted by atomic mass is 9.94. The standard InChI is InChI=1S/C14H21NO2S/c1-18-13-4-2-12(3-5-13)10-15-11-14(16)6-8-17-9-7-14/h2-5,15-16H,6-11H2,1H3. The average Bonchev–Trinajstić information content (AvgIpc) is 2.40. The minimum absolute atomic E-state index is 0.586. The second kappa shape index (κ2) is 6.57. The maximum Gasteiger partial charge on any atom is 0.0815 e. The number of hydrogen-bond donors (Lipinski definition) is 2. The first kappa shape index (κ1) is 13.9. The Hall–Kier alpha value is -0.550. The third kappa shape index (κ3) is 3.99. The molecule has 0 bridgehead atoms. The van der Waals surface area contributed by atoms with Crippen molar-refractivity contribution in [1.82, 2.24) is 5.32 Å². The van der Waals surface area contributed by atoms with Crippen LogP contribution in [0.1, 0.15) is 18.4 Å². The maximum absolute atomic E-state index is 10.3. The molecule has 1 aliphatic heterocycles. The predicted molar refractivity (Wildman–Crippen MR) is 74.9 cm³/mol. The summed E-state index contributed by atoms with van der Waals surface area (Å²) in [5.41, 5.74) is 0.667. The van der Waals surface area contributed by atoms with Gasteiger partial charge in [0, 0.05) is 44.0 Å². The SMILES string of the molecule is CSc1ccc(CNCC2(O)CCOCC2)cc1. The molecule has 0 aliphatic carbocycles. The first-order chi connectivity index (χ1) is 8.72. The molecule has 1 fully saturated rings. The van der Waals surface area contributed by atoms with E-state index in [4.69, 9.17) is 4.74 Å². The topological polar surface area (TPSA) is 41.5 Å². The number of ether oxygens (including phenoxy) is 1. The van der Waals surface area contributed by atoms with Crippen molar-refractivity contribution < 1.29 is 9.84 Å². The van der Waals surface area contributed by atoms with Gasteiger partial charge in [-0.2, -0.15) is 0 Å². The van der Waals surface area contributed by atoms with Gasteiger partial charge in [0.25, 0.3) is 0 Å². The highest BCUT2D eigenvalue weighted by Gasteiger charge is 2.28. The van der Waals surface area contributed by atoms with E-state index >= 15 is 0 Å². The molecule has 1 aliphatic rings. The Labute approximate surface area is 113 Å². The third-order valence-electron chi connectivity index (χ3n) is 3.37. The highest BCUT2D eigenvalue weighted by molar-refractivity contribution is 7.98. The molecule has 0 amide bonds. The van der Waals surface area contributed by atoms with Crippen molar-refractivity contribution >= 4 is 11.8 Å². The van der Waals surface area contributed by atoms with Gasteiger partial charge in [0.05, 0.1) is 5.60 Å². The van der Waals surface area contributed by atoms with Crippen LogP contribution in [0.15, 0.2) is 29.2 Å². The lowest BCUT2D eigenvalue weighted by Gasteiger charge is -2.32. The fourth-order valence-corrected chi connectivity index (χ4v) is 2.52. The van der Waals surface area contributed by atoms with Gasteiger partial charge in [-0.25, -0.2) is 0 Å². The Kier molecular flexibility index (Phi) is 5.06.